The average Bonchev–Trinajstić information content (AvgIpc) is 3.09. The second-order valence-corrected chi connectivity index (χ2v) is 11.0. The number of hydrogen-bond donors (Lipinski definition) is 2. The van der Waals surface area contributed by atoms with Crippen LogP contribution in [0.25, 0.3) is 0 Å². The van der Waals surface area contributed by atoms with Gasteiger partial charge in [-0.05, 0) is 90.0 Å². The molecule has 0 saturated heterocycles. The number of ether oxygens (including phenoxy) is 1. The summed E-state index contributed by atoms with van der Waals surface area (Å²) in [5.41, 5.74) is 1.76. The van der Waals surface area contributed by atoms with Gasteiger partial charge in [-0.3, -0.25) is 4.79 Å². The van der Waals surface area contributed by atoms with Crippen molar-refractivity contribution in [2.75, 3.05) is 11.9 Å². The van der Waals surface area contributed by atoms with Gasteiger partial charge in [0.25, 0.3) is 0 Å². The number of benzene rings is 1. The van der Waals surface area contributed by atoms with E-state index in [1.165, 1.54) is 12.8 Å². The minimum absolute atomic E-state index is 0.0637. The van der Waals surface area contributed by atoms with Crippen molar-refractivity contribution in [3.05, 3.63) is 23.8 Å². The van der Waals surface area contributed by atoms with Crippen LogP contribution in [0.1, 0.15) is 71.3 Å². The maximum atomic E-state index is 12.2. The molecule has 0 aliphatic heterocycles. The zero-order chi connectivity index (χ0) is 20.8. The van der Waals surface area contributed by atoms with Crippen LogP contribution < -0.4 is 14.8 Å². The molecule has 6 nitrogen and oxygen atoms in total. The molecule has 0 spiro atoms. The lowest BCUT2D eigenvalue weighted by Gasteiger charge is -2.19. The van der Waals surface area contributed by atoms with Crippen LogP contribution in [0.2, 0.25) is 0 Å². The molecular formula is C21H34N2O4S. The monoisotopic (exact) mass is 410 g/mol. The Morgan fingerprint density at radius 1 is 1.18 bits per heavy atom. The normalized spacial score (nSPS) is 15.6. The summed E-state index contributed by atoms with van der Waals surface area (Å²) in [5, 5.41) is 2.93. The van der Waals surface area contributed by atoms with E-state index in [1.54, 1.807) is 20.8 Å². The third-order valence-electron chi connectivity index (χ3n) is 5.01. The molecule has 0 aromatic heterocycles. The maximum Gasteiger partial charge on any atom is 0.224 e. The van der Waals surface area contributed by atoms with Crippen molar-refractivity contribution in [2.45, 2.75) is 83.5 Å². The number of carbonyl (C=O) groups excluding carboxylic acids is 1. The van der Waals surface area contributed by atoms with Gasteiger partial charge < -0.3 is 10.1 Å². The minimum atomic E-state index is -3.33. The highest BCUT2D eigenvalue weighted by molar-refractivity contribution is 7.90. The molecule has 1 amide bonds. The van der Waals surface area contributed by atoms with E-state index in [0.29, 0.717) is 31.9 Å². The van der Waals surface area contributed by atoms with Crippen LogP contribution in [-0.4, -0.2) is 31.7 Å². The molecule has 2 rings (SSSR count). The molecule has 1 aliphatic carbocycles. The molecule has 1 fully saturated rings. The fourth-order valence-corrected chi connectivity index (χ4v) is 3.94. The fraction of sp³-hybridized carbons (Fsp3) is 0.667. The minimum Gasteiger partial charge on any atom is -0.490 e. The van der Waals surface area contributed by atoms with E-state index >= 15 is 0 Å². The van der Waals surface area contributed by atoms with Crippen molar-refractivity contribution in [3.63, 3.8) is 0 Å². The summed E-state index contributed by atoms with van der Waals surface area (Å²) in [5.74, 6) is 0.791. The van der Waals surface area contributed by atoms with Crippen molar-refractivity contribution in [3.8, 4) is 5.75 Å². The van der Waals surface area contributed by atoms with Crippen molar-refractivity contribution < 1.29 is 17.9 Å². The molecule has 0 unspecified atom stereocenters. The van der Waals surface area contributed by atoms with Crippen LogP contribution in [-0.2, 0) is 14.8 Å². The van der Waals surface area contributed by atoms with Gasteiger partial charge in [0.15, 0.2) is 0 Å². The lowest BCUT2D eigenvalue weighted by molar-refractivity contribution is -0.116. The predicted octanol–water partition coefficient (Wildman–Crippen LogP) is 4.14. The first-order valence-electron chi connectivity index (χ1n) is 10.1. The lowest BCUT2D eigenvalue weighted by atomic mass is 10.1. The van der Waals surface area contributed by atoms with Crippen molar-refractivity contribution in [1.29, 1.82) is 0 Å². The molecule has 2 N–H and O–H groups in total. The summed E-state index contributed by atoms with van der Waals surface area (Å²) in [6, 6.07) is 5.76. The summed E-state index contributed by atoms with van der Waals surface area (Å²) < 4.78 is 31.7. The largest absolute Gasteiger partial charge is 0.490 e. The van der Waals surface area contributed by atoms with Gasteiger partial charge in [-0.15, -0.1) is 0 Å². The highest BCUT2D eigenvalue weighted by atomic mass is 32.2. The van der Waals surface area contributed by atoms with Gasteiger partial charge in [-0.2, -0.15) is 0 Å². The molecule has 7 heteroatoms. The first kappa shape index (κ1) is 22.7. The Morgan fingerprint density at radius 2 is 1.86 bits per heavy atom. The van der Waals surface area contributed by atoms with E-state index in [1.807, 2.05) is 25.1 Å². The Kier molecular flexibility index (Phi) is 7.89. The van der Waals surface area contributed by atoms with Gasteiger partial charge in [0.1, 0.15) is 5.75 Å². The topological polar surface area (TPSA) is 84.5 Å². The first-order valence-corrected chi connectivity index (χ1v) is 11.6. The molecule has 0 heterocycles. The van der Waals surface area contributed by atoms with E-state index in [2.05, 4.69) is 10.0 Å². The number of carbonyl (C=O) groups is 1. The number of rotatable bonds is 9. The van der Waals surface area contributed by atoms with E-state index in [0.717, 1.165) is 29.8 Å². The Morgan fingerprint density at radius 3 is 2.46 bits per heavy atom. The Hall–Kier alpha value is -1.60. The van der Waals surface area contributed by atoms with Gasteiger partial charge in [-0.25, -0.2) is 13.1 Å². The van der Waals surface area contributed by atoms with Crippen LogP contribution in [0, 0.1) is 6.92 Å². The fourth-order valence-electron chi connectivity index (χ4n) is 3.09. The molecule has 158 valence electrons. The smallest absolute Gasteiger partial charge is 0.224 e. The average molecular weight is 411 g/mol. The molecule has 1 aliphatic rings. The second-order valence-electron chi connectivity index (χ2n) is 8.52. The number of amides is 1. The van der Waals surface area contributed by atoms with Gasteiger partial charge >= 0.3 is 0 Å². The van der Waals surface area contributed by atoms with Gasteiger partial charge in [0.2, 0.25) is 15.9 Å². The highest BCUT2D eigenvalue weighted by Crippen LogP contribution is 2.27. The summed E-state index contributed by atoms with van der Waals surface area (Å²) in [7, 11) is -3.33. The van der Waals surface area contributed by atoms with Crippen molar-refractivity contribution in [2.24, 2.45) is 0 Å². The number of anilines is 1. The first-order chi connectivity index (χ1) is 13.1. The zero-order valence-corrected chi connectivity index (χ0v) is 18.3. The molecule has 0 bridgehead atoms. The molecule has 1 aromatic rings. The number of hydrogen-bond acceptors (Lipinski definition) is 4. The van der Waals surface area contributed by atoms with Gasteiger partial charge in [0, 0.05) is 18.7 Å². The van der Waals surface area contributed by atoms with Crippen LogP contribution in [0.5, 0.6) is 5.75 Å². The Bertz CT molecular complexity index is 763. The van der Waals surface area contributed by atoms with E-state index in [9.17, 15) is 13.2 Å². The number of unbranched alkanes of at least 4 members (excludes halogenated alkanes) is 1. The van der Waals surface area contributed by atoms with Gasteiger partial charge in [-0.1, -0.05) is 0 Å². The molecule has 0 radical (unpaired) electrons. The SMILES string of the molecule is Cc1cc(OC2CCCC2)ccc1NC(=O)CCCCNS(=O)(=O)C(C)(C)C. The third kappa shape index (κ3) is 6.78. The molecular weight excluding hydrogens is 376 g/mol. The van der Waals surface area contributed by atoms with Crippen LogP contribution in [0.4, 0.5) is 5.69 Å². The quantitative estimate of drug-likeness (QED) is 0.599. The van der Waals surface area contributed by atoms with Gasteiger partial charge in [0.05, 0.1) is 10.9 Å². The van der Waals surface area contributed by atoms with Crippen LogP contribution >= 0.6 is 0 Å². The highest BCUT2D eigenvalue weighted by Gasteiger charge is 2.28. The van der Waals surface area contributed by atoms with Crippen molar-refractivity contribution in [1.82, 2.24) is 4.72 Å². The predicted molar refractivity (Wildman–Crippen MR) is 113 cm³/mol. The van der Waals surface area contributed by atoms with E-state index in [4.69, 9.17) is 4.74 Å². The van der Waals surface area contributed by atoms with Crippen LogP contribution in [0.3, 0.4) is 0 Å². The molecule has 0 atom stereocenters. The number of aryl methyl sites for hydroxylation is 1. The number of nitrogens with one attached hydrogen (secondary N) is 2. The molecule has 28 heavy (non-hydrogen) atoms. The lowest BCUT2D eigenvalue weighted by Crippen LogP contribution is -2.39. The summed E-state index contributed by atoms with van der Waals surface area (Å²) in [6.45, 7) is 7.29. The van der Waals surface area contributed by atoms with Crippen LogP contribution in [0.15, 0.2) is 18.2 Å². The summed E-state index contributed by atoms with van der Waals surface area (Å²) >= 11 is 0. The maximum absolute atomic E-state index is 12.2. The standard InChI is InChI=1S/C21H34N2O4S/c1-16-15-18(27-17-9-5-6-10-17)12-13-19(16)23-20(24)11-7-8-14-22-28(25,26)21(2,3)4/h12-13,15,17,22H,5-11,14H2,1-4H3,(H,23,24). The summed E-state index contributed by atoms with van der Waals surface area (Å²) in [4.78, 5) is 12.2. The zero-order valence-electron chi connectivity index (χ0n) is 17.5. The molecule has 1 aromatic carbocycles. The third-order valence-corrected chi connectivity index (χ3v) is 7.20. The van der Waals surface area contributed by atoms with E-state index in [-0.39, 0.29) is 5.91 Å². The second kappa shape index (κ2) is 9.74. The summed E-state index contributed by atoms with van der Waals surface area (Å²) in [6.07, 6.45) is 6.61. The molecule has 1 saturated carbocycles. The number of sulfonamides is 1. The van der Waals surface area contributed by atoms with E-state index < -0.39 is 14.8 Å². The Balaban J connectivity index is 1.72. The Labute approximate surface area is 169 Å². The van der Waals surface area contributed by atoms with Crippen molar-refractivity contribution >= 4 is 21.6 Å².